The van der Waals surface area contributed by atoms with Gasteiger partial charge in [0.1, 0.15) is 12.1 Å². The van der Waals surface area contributed by atoms with Gasteiger partial charge in [-0.1, -0.05) is 32.1 Å². The van der Waals surface area contributed by atoms with Gasteiger partial charge in [-0.25, -0.2) is 4.68 Å². The molecule has 1 saturated carbocycles. The number of aliphatic hydroxyl groups is 1. The second-order valence-corrected chi connectivity index (χ2v) is 11.3. The van der Waals surface area contributed by atoms with Crippen molar-refractivity contribution < 1.29 is 14.7 Å². The molecule has 0 radical (unpaired) electrons. The lowest BCUT2D eigenvalue weighted by Gasteiger charge is -2.34. The lowest BCUT2D eigenvalue weighted by Crippen LogP contribution is -2.52. The third-order valence-electron chi connectivity index (χ3n) is 7.32. The predicted octanol–water partition coefficient (Wildman–Crippen LogP) is 1.86. The number of amides is 2. The average molecular weight is 477 g/mol. The summed E-state index contributed by atoms with van der Waals surface area (Å²) in [4.78, 5) is 28.7. The smallest absolute Gasteiger partial charge is 0.248 e. The highest BCUT2D eigenvalue weighted by Gasteiger charge is 2.46. The van der Waals surface area contributed by atoms with Gasteiger partial charge in [-0.15, -0.1) is 5.10 Å². The number of nitriles is 1. The van der Waals surface area contributed by atoms with Crippen molar-refractivity contribution in [3.8, 4) is 6.07 Å². The summed E-state index contributed by atoms with van der Waals surface area (Å²) in [6, 6.07) is 6.29. The standard InChI is InChI=1S/C26H32N6O3/c1-26(2,3)23(32-14-21(29-30-32)16-6-7-16)25(35)31-13-20(33)11-22(31)24(34)28-19-9-17-5-4-15(12-27)8-18(17)10-19/h4-5,8,14,16,19-20,22-23,33H,6-7,9-11,13H2,1-3H3,(H,28,34)/t19?,20-,22+,23-/m1/s1. The molecular weight excluding hydrogens is 444 g/mol. The van der Waals surface area contributed by atoms with Crippen LogP contribution in [0.15, 0.2) is 24.4 Å². The maximum atomic E-state index is 13.8. The Morgan fingerprint density at radius 2 is 1.97 bits per heavy atom. The zero-order valence-electron chi connectivity index (χ0n) is 20.4. The fourth-order valence-corrected chi connectivity index (χ4v) is 5.41. The molecule has 1 aromatic carbocycles. The van der Waals surface area contributed by atoms with Gasteiger partial charge in [0.05, 0.1) is 23.4 Å². The van der Waals surface area contributed by atoms with Gasteiger partial charge in [0.15, 0.2) is 0 Å². The van der Waals surface area contributed by atoms with Crippen molar-refractivity contribution in [2.75, 3.05) is 6.54 Å². The summed E-state index contributed by atoms with van der Waals surface area (Å²) in [6.07, 6.45) is 4.82. The van der Waals surface area contributed by atoms with Gasteiger partial charge in [0, 0.05) is 31.1 Å². The van der Waals surface area contributed by atoms with Gasteiger partial charge >= 0.3 is 0 Å². The lowest BCUT2D eigenvalue weighted by molar-refractivity contribution is -0.144. The van der Waals surface area contributed by atoms with Crippen LogP contribution in [0, 0.1) is 16.7 Å². The van der Waals surface area contributed by atoms with Crippen LogP contribution >= 0.6 is 0 Å². The fourth-order valence-electron chi connectivity index (χ4n) is 5.41. The summed E-state index contributed by atoms with van der Waals surface area (Å²) >= 11 is 0. The van der Waals surface area contributed by atoms with E-state index in [1.54, 1.807) is 10.7 Å². The topological polar surface area (TPSA) is 124 Å². The van der Waals surface area contributed by atoms with Gasteiger partial charge in [0.25, 0.3) is 0 Å². The molecule has 2 aliphatic carbocycles. The van der Waals surface area contributed by atoms with Gasteiger partial charge in [-0.05, 0) is 54.4 Å². The quantitative estimate of drug-likeness (QED) is 0.679. The highest BCUT2D eigenvalue weighted by molar-refractivity contribution is 5.90. The van der Waals surface area contributed by atoms with Gasteiger partial charge in [-0.2, -0.15) is 5.26 Å². The second kappa shape index (κ2) is 8.76. The van der Waals surface area contributed by atoms with E-state index in [4.69, 9.17) is 5.26 Å². The zero-order valence-corrected chi connectivity index (χ0v) is 20.4. The molecule has 3 aliphatic rings. The van der Waals surface area contributed by atoms with Crippen LogP contribution in [0.25, 0.3) is 0 Å². The van der Waals surface area contributed by atoms with Gasteiger partial charge in [-0.3, -0.25) is 9.59 Å². The van der Waals surface area contributed by atoms with E-state index < -0.39 is 23.6 Å². The zero-order chi connectivity index (χ0) is 24.9. The minimum atomic E-state index is -0.757. The number of nitrogens with one attached hydrogen (secondary N) is 1. The monoisotopic (exact) mass is 476 g/mol. The van der Waals surface area contributed by atoms with Crippen molar-refractivity contribution in [2.45, 2.75) is 83.0 Å². The van der Waals surface area contributed by atoms with E-state index in [0.717, 1.165) is 29.7 Å². The molecule has 5 rings (SSSR count). The molecule has 2 aromatic rings. The molecule has 1 unspecified atom stereocenters. The Bertz CT molecular complexity index is 1190. The minimum absolute atomic E-state index is 0.101. The number of benzene rings is 1. The summed E-state index contributed by atoms with van der Waals surface area (Å²) in [5.74, 6) is -0.0562. The van der Waals surface area contributed by atoms with Crippen LogP contribution < -0.4 is 5.32 Å². The first-order chi connectivity index (χ1) is 16.6. The van der Waals surface area contributed by atoms with E-state index in [0.29, 0.717) is 24.3 Å². The van der Waals surface area contributed by atoms with E-state index in [1.807, 2.05) is 39.1 Å². The van der Waals surface area contributed by atoms with E-state index in [2.05, 4.69) is 21.7 Å². The third kappa shape index (κ3) is 4.67. The second-order valence-electron chi connectivity index (χ2n) is 11.3. The molecule has 0 spiro atoms. The minimum Gasteiger partial charge on any atom is -0.391 e. The Hall–Kier alpha value is -3.25. The van der Waals surface area contributed by atoms with E-state index in [9.17, 15) is 14.7 Å². The molecule has 1 aromatic heterocycles. The summed E-state index contributed by atoms with van der Waals surface area (Å²) in [5.41, 5.74) is 3.24. The van der Waals surface area contributed by atoms with Crippen molar-refractivity contribution in [3.05, 3.63) is 46.8 Å². The van der Waals surface area contributed by atoms with Crippen LogP contribution in [0.2, 0.25) is 0 Å². The Kier molecular flexibility index (Phi) is 5.88. The molecule has 2 fully saturated rings. The van der Waals surface area contributed by atoms with Gasteiger partial charge < -0.3 is 15.3 Å². The summed E-state index contributed by atoms with van der Waals surface area (Å²) < 4.78 is 1.63. The molecule has 2 amide bonds. The Labute approximate surface area is 205 Å². The average Bonchev–Trinajstić information content (AvgIpc) is 3.21. The summed E-state index contributed by atoms with van der Waals surface area (Å²) in [5, 5.41) is 31.2. The number of aliphatic hydroxyl groups excluding tert-OH is 1. The van der Waals surface area contributed by atoms with Gasteiger partial charge in [0.2, 0.25) is 11.8 Å². The van der Waals surface area contributed by atoms with Crippen LogP contribution in [-0.4, -0.2) is 61.5 Å². The lowest BCUT2D eigenvalue weighted by atomic mass is 9.85. The van der Waals surface area contributed by atoms with Crippen molar-refractivity contribution in [3.63, 3.8) is 0 Å². The third-order valence-corrected chi connectivity index (χ3v) is 7.32. The summed E-state index contributed by atoms with van der Waals surface area (Å²) in [7, 11) is 0. The molecule has 2 N–H and O–H groups in total. The number of nitrogens with zero attached hydrogens (tertiary/aromatic N) is 5. The molecular formula is C26H32N6O3. The van der Waals surface area contributed by atoms with E-state index >= 15 is 0 Å². The highest BCUT2D eigenvalue weighted by atomic mass is 16.3. The molecule has 184 valence electrons. The van der Waals surface area contributed by atoms with Crippen LogP contribution in [0.1, 0.15) is 74.4 Å². The van der Waals surface area contributed by atoms with Crippen LogP contribution in [0.3, 0.4) is 0 Å². The van der Waals surface area contributed by atoms with E-state index in [-0.39, 0.29) is 30.8 Å². The first-order valence-corrected chi connectivity index (χ1v) is 12.4. The fraction of sp³-hybridized carbons (Fsp3) is 0.577. The van der Waals surface area contributed by atoms with E-state index in [1.165, 1.54) is 4.90 Å². The number of hydrogen-bond acceptors (Lipinski definition) is 6. The number of rotatable bonds is 5. The molecule has 9 heteroatoms. The number of hydrogen-bond donors (Lipinski definition) is 2. The first kappa shape index (κ1) is 23.5. The molecule has 1 aliphatic heterocycles. The number of β-amino-alcohol motifs (C(OH)–C–C–N with tert-alkyl or cyclic N) is 1. The molecule has 1 saturated heterocycles. The molecule has 35 heavy (non-hydrogen) atoms. The normalized spacial score (nSPS) is 24.7. The Balaban J connectivity index is 1.32. The predicted molar refractivity (Wildman–Crippen MR) is 127 cm³/mol. The molecule has 9 nitrogen and oxygen atoms in total. The molecule has 4 atom stereocenters. The number of fused-ring (bicyclic) bond motifs is 1. The first-order valence-electron chi connectivity index (χ1n) is 12.4. The Morgan fingerprint density at radius 1 is 1.23 bits per heavy atom. The van der Waals surface area contributed by atoms with Crippen molar-refractivity contribution in [1.29, 1.82) is 5.26 Å². The SMILES string of the molecule is CC(C)(C)[C@@H](C(=O)N1C[C@H](O)C[C@H]1C(=O)NC1Cc2ccc(C#N)cc2C1)n1cc(C2CC2)nn1. The van der Waals surface area contributed by atoms with Crippen LogP contribution in [-0.2, 0) is 22.4 Å². The Morgan fingerprint density at radius 3 is 2.66 bits per heavy atom. The number of carbonyl (C=O) groups is 2. The van der Waals surface area contributed by atoms with Crippen molar-refractivity contribution in [1.82, 2.24) is 25.2 Å². The number of carbonyl (C=O) groups excluding carboxylic acids is 2. The number of aromatic nitrogens is 3. The van der Waals surface area contributed by atoms with Crippen molar-refractivity contribution in [2.24, 2.45) is 5.41 Å². The number of likely N-dealkylation sites (tertiary alicyclic amines) is 1. The maximum Gasteiger partial charge on any atom is 0.248 e. The highest BCUT2D eigenvalue weighted by Crippen LogP contribution is 2.40. The summed E-state index contributed by atoms with van der Waals surface area (Å²) in [6.45, 7) is 6.03. The molecule has 2 heterocycles. The van der Waals surface area contributed by atoms with Crippen LogP contribution in [0.5, 0.6) is 0 Å². The molecule has 0 bridgehead atoms. The largest absolute Gasteiger partial charge is 0.391 e. The van der Waals surface area contributed by atoms with Crippen molar-refractivity contribution >= 4 is 11.8 Å². The van der Waals surface area contributed by atoms with Crippen LogP contribution in [0.4, 0.5) is 0 Å². The maximum absolute atomic E-state index is 13.8.